The number of carbonyl (C=O) groups is 1. The number of hydrogen-bond donors (Lipinski definition) is 2. The molecule has 2 unspecified atom stereocenters. The summed E-state index contributed by atoms with van der Waals surface area (Å²) in [7, 11) is -4.26. The molecule has 0 spiro atoms. The van der Waals surface area contributed by atoms with E-state index in [4.69, 9.17) is 14.4 Å². The van der Waals surface area contributed by atoms with Crippen LogP contribution in [-0.2, 0) is 19.6 Å². The summed E-state index contributed by atoms with van der Waals surface area (Å²) in [6.45, 7) is 3.88. The molecule has 2 N–H and O–H groups in total. The van der Waals surface area contributed by atoms with Gasteiger partial charge in [0.2, 0.25) is 0 Å². The van der Waals surface area contributed by atoms with Gasteiger partial charge in [-0.15, -0.1) is 0 Å². The van der Waals surface area contributed by atoms with Gasteiger partial charge in [-0.2, -0.15) is 8.42 Å². The maximum absolute atomic E-state index is 11.8. The first kappa shape index (κ1) is 19.5. The highest BCUT2D eigenvalue weighted by Crippen LogP contribution is 2.26. The normalized spacial score (nSPS) is 14.3. The van der Waals surface area contributed by atoms with Gasteiger partial charge in [0, 0.05) is 30.8 Å². The van der Waals surface area contributed by atoms with E-state index in [1.54, 1.807) is 13.0 Å². The fourth-order valence-corrected chi connectivity index (χ4v) is 2.61. The Kier molecular flexibility index (Phi) is 7.60. The molecule has 8 heteroatoms. The van der Waals surface area contributed by atoms with E-state index >= 15 is 0 Å². The number of ether oxygens (including phenoxy) is 1. The average molecular weight is 345 g/mol. The third kappa shape index (κ3) is 6.25. The van der Waals surface area contributed by atoms with Crippen molar-refractivity contribution in [3.63, 3.8) is 0 Å². The van der Waals surface area contributed by atoms with E-state index < -0.39 is 10.1 Å². The Morgan fingerprint density at radius 3 is 2.57 bits per heavy atom. The lowest BCUT2D eigenvalue weighted by molar-refractivity contribution is -0.148. The number of aromatic nitrogens is 1. The second-order valence-electron chi connectivity index (χ2n) is 5.38. The van der Waals surface area contributed by atoms with E-state index in [1.165, 1.54) is 6.07 Å². The summed E-state index contributed by atoms with van der Waals surface area (Å²) >= 11 is 0. The lowest BCUT2D eigenvalue weighted by Crippen LogP contribution is -2.19. The number of carbonyl (C=O) groups excluding carboxylic acids is 1. The first-order chi connectivity index (χ1) is 10.8. The molecule has 0 aliphatic heterocycles. The molecule has 0 saturated heterocycles. The van der Waals surface area contributed by atoms with Gasteiger partial charge in [0.05, 0.1) is 12.5 Å². The second-order valence-corrected chi connectivity index (χ2v) is 6.80. The largest absolute Gasteiger partial charge is 0.465 e. The number of rotatable bonds is 9. The topological polar surface area (TPSA) is 114 Å². The van der Waals surface area contributed by atoms with Crippen LogP contribution in [0.15, 0.2) is 23.2 Å². The van der Waals surface area contributed by atoms with Crippen molar-refractivity contribution < 1.29 is 27.6 Å². The summed E-state index contributed by atoms with van der Waals surface area (Å²) in [5, 5.41) is 8.67. The van der Waals surface area contributed by atoms with E-state index in [-0.39, 0.29) is 35.9 Å². The van der Waals surface area contributed by atoms with E-state index in [9.17, 15) is 13.2 Å². The molecule has 0 amide bonds. The molecule has 0 fully saturated rings. The Morgan fingerprint density at radius 1 is 1.39 bits per heavy atom. The number of nitrogens with zero attached hydrogens (tertiary/aromatic N) is 1. The maximum atomic E-state index is 11.8. The van der Waals surface area contributed by atoms with Crippen molar-refractivity contribution in [2.75, 3.05) is 13.2 Å². The van der Waals surface area contributed by atoms with Gasteiger partial charge in [-0.3, -0.25) is 14.3 Å². The molecule has 0 aromatic carbocycles. The number of hydrogen-bond acceptors (Lipinski definition) is 6. The fourth-order valence-electron chi connectivity index (χ4n) is 2.18. The minimum atomic E-state index is -4.26. The van der Waals surface area contributed by atoms with Gasteiger partial charge in [-0.1, -0.05) is 13.8 Å². The summed E-state index contributed by atoms with van der Waals surface area (Å²) in [6.07, 6.45) is 2.77. The first-order valence-electron chi connectivity index (χ1n) is 7.50. The van der Waals surface area contributed by atoms with Crippen molar-refractivity contribution in [2.45, 2.75) is 43.9 Å². The van der Waals surface area contributed by atoms with Crippen molar-refractivity contribution in [3.05, 3.63) is 24.0 Å². The molecule has 1 aromatic rings. The molecule has 7 nitrogen and oxygen atoms in total. The van der Waals surface area contributed by atoms with Crippen LogP contribution in [0.3, 0.4) is 0 Å². The second kappa shape index (κ2) is 8.95. The SMILES string of the molecule is CCC(CC(C)C(=O)OCCCO)c1ccc(S(=O)(=O)O)cn1. The van der Waals surface area contributed by atoms with Crippen molar-refractivity contribution in [3.8, 4) is 0 Å². The summed E-state index contributed by atoms with van der Waals surface area (Å²) in [4.78, 5) is 15.7. The van der Waals surface area contributed by atoms with Crippen LogP contribution in [-0.4, -0.2) is 42.2 Å². The highest BCUT2D eigenvalue weighted by molar-refractivity contribution is 7.85. The fraction of sp³-hybridized carbons (Fsp3) is 0.600. The monoisotopic (exact) mass is 345 g/mol. The predicted octanol–water partition coefficient (Wildman–Crippen LogP) is 1.77. The molecule has 1 rings (SSSR count). The predicted molar refractivity (Wildman–Crippen MR) is 83.5 cm³/mol. The van der Waals surface area contributed by atoms with E-state index in [1.807, 2.05) is 6.92 Å². The summed E-state index contributed by atoms with van der Waals surface area (Å²) in [6, 6.07) is 2.84. The molecule has 0 aliphatic rings. The molecule has 0 bridgehead atoms. The Bertz CT molecular complexity index is 599. The van der Waals surface area contributed by atoms with Crippen LogP contribution < -0.4 is 0 Å². The molecule has 0 saturated carbocycles. The quantitative estimate of drug-likeness (QED) is 0.398. The van der Waals surface area contributed by atoms with E-state index in [0.29, 0.717) is 18.5 Å². The third-order valence-corrected chi connectivity index (χ3v) is 4.39. The van der Waals surface area contributed by atoms with Gasteiger partial charge in [0.25, 0.3) is 10.1 Å². The van der Waals surface area contributed by atoms with E-state index in [0.717, 1.165) is 12.6 Å². The summed E-state index contributed by atoms with van der Waals surface area (Å²) in [5.74, 6) is -0.681. The highest BCUT2D eigenvalue weighted by Gasteiger charge is 2.22. The zero-order valence-corrected chi connectivity index (χ0v) is 14.1. The minimum absolute atomic E-state index is 0.0224. The summed E-state index contributed by atoms with van der Waals surface area (Å²) in [5.41, 5.74) is 0.662. The molecule has 2 atom stereocenters. The van der Waals surface area contributed by atoms with Crippen molar-refractivity contribution >= 4 is 16.1 Å². The molecule has 0 aliphatic carbocycles. The summed E-state index contributed by atoms with van der Waals surface area (Å²) < 4.78 is 36.0. The van der Waals surface area contributed by atoms with Crippen LogP contribution in [0.25, 0.3) is 0 Å². The zero-order valence-electron chi connectivity index (χ0n) is 13.3. The van der Waals surface area contributed by atoms with Gasteiger partial charge in [0.1, 0.15) is 4.90 Å². The Morgan fingerprint density at radius 2 is 2.09 bits per heavy atom. The van der Waals surface area contributed by atoms with E-state index in [2.05, 4.69) is 4.98 Å². The van der Waals surface area contributed by atoms with Crippen LogP contribution in [0.4, 0.5) is 0 Å². The first-order valence-corrected chi connectivity index (χ1v) is 8.94. The lowest BCUT2D eigenvalue weighted by Gasteiger charge is -2.18. The van der Waals surface area contributed by atoms with Crippen LogP contribution in [0, 0.1) is 5.92 Å². The number of esters is 1. The lowest BCUT2D eigenvalue weighted by atomic mass is 9.90. The zero-order chi connectivity index (χ0) is 17.5. The molecule has 0 radical (unpaired) electrons. The van der Waals surface area contributed by atoms with Gasteiger partial charge in [-0.05, 0) is 25.0 Å². The molecular weight excluding hydrogens is 322 g/mol. The average Bonchev–Trinajstić information content (AvgIpc) is 2.51. The van der Waals surface area contributed by atoms with Crippen molar-refractivity contribution in [2.24, 2.45) is 5.92 Å². The smallest absolute Gasteiger partial charge is 0.308 e. The van der Waals surface area contributed by atoms with Gasteiger partial charge >= 0.3 is 5.97 Å². The Balaban J connectivity index is 2.71. The maximum Gasteiger partial charge on any atom is 0.308 e. The van der Waals surface area contributed by atoms with Gasteiger partial charge < -0.3 is 9.84 Å². The van der Waals surface area contributed by atoms with Crippen LogP contribution >= 0.6 is 0 Å². The molecule has 1 heterocycles. The van der Waals surface area contributed by atoms with Gasteiger partial charge in [-0.25, -0.2) is 0 Å². The van der Waals surface area contributed by atoms with Gasteiger partial charge in [0.15, 0.2) is 0 Å². The van der Waals surface area contributed by atoms with Crippen LogP contribution in [0.1, 0.15) is 44.7 Å². The molecule has 23 heavy (non-hydrogen) atoms. The number of aliphatic hydroxyl groups is 1. The Hall–Kier alpha value is -1.51. The highest BCUT2D eigenvalue weighted by atomic mass is 32.2. The molecule has 1 aromatic heterocycles. The molecule has 130 valence electrons. The standard InChI is InChI=1S/C15H23NO6S/c1-3-12(9-11(2)15(18)22-8-4-7-17)14-6-5-13(10-16-14)23(19,20)21/h5-6,10-12,17H,3-4,7-9H2,1-2H3,(H,19,20,21). The molecular formula is C15H23NO6S. The van der Waals surface area contributed by atoms with Crippen molar-refractivity contribution in [1.29, 1.82) is 0 Å². The third-order valence-electron chi connectivity index (χ3n) is 3.56. The van der Waals surface area contributed by atoms with Crippen LogP contribution in [0.2, 0.25) is 0 Å². The number of aliphatic hydroxyl groups excluding tert-OH is 1. The van der Waals surface area contributed by atoms with Crippen LogP contribution in [0.5, 0.6) is 0 Å². The van der Waals surface area contributed by atoms with Crippen molar-refractivity contribution in [1.82, 2.24) is 4.98 Å². The minimum Gasteiger partial charge on any atom is -0.465 e. The number of pyridine rings is 1. The Labute approximate surface area is 136 Å².